The lowest BCUT2D eigenvalue weighted by Crippen LogP contribution is -2.67. The smallest absolute Gasteiger partial charge is 0.261 e. The second kappa shape index (κ2) is 8.31. The Morgan fingerprint density at radius 1 is 1.00 bits per heavy atom. The first-order valence-corrected chi connectivity index (χ1v) is 12.3. The molecule has 0 N–H and O–H groups in total. The highest BCUT2D eigenvalue weighted by Crippen LogP contribution is 2.49. The molecule has 6 rings (SSSR count). The molecule has 3 aromatic carbocycles. The number of ether oxygens (including phenoxy) is 1. The van der Waals surface area contributed by atoms with Gasteiger partial charge < -0.3 is 14.5 Å². The average Bonchev–Trinajstić information content (AvgIpc) is 3.15. The zero-order valence-corrected chi connectivity index (χ0v) is 20.6. The molecular formula is C28H27ClN4O2. The van der Waals surface area contributed by atoms with Gasteiger partial charge in [0.1, 0.15) is 11.2 Å². The number of hydrazone groups is 1. The number of anilines is 3. The summed E-state index contributed by atoms with van der Waals surface area (Å²) >= 11 is 6.42. The number of nitrogens with zero attached hydrogens (tertiary/aromatic N) is 4. The van der Waals surface area contributed by atoms with Crippen molar-refractivity contribution in [1.82, 2.24) is 0 Å². The van der Waals surface area contributed by atoms with Crippen LogP contribution in [0.2, 0.25) is 5.02 Å². The van der Waals surface area contributed by atoms with Crippen LogP contribution in [0.3, 0.4) is 0 Å². The van der Waals surface area contributed by atoms with Crippen LogP contribution in [0.25, 0.3) is 0 Å². The summed E-state index contributed by atoms with van der Waals surface area (Å²) in [5.41, 5.74) is 4.30. The van der Waals surface area contributed by atoms with Gasteiger partial charge in [-0.3, -0.25) is 4.79 Å². The minimum atomic E-state index is -0.748. The van der Waals surface area contributed by atoms with Gasteiger partial charge in [0.2, 0.25) is 0 Å². The minimum Gasteiger partial charge on any atom is -0.497 e. The maximum atomic E-state index is 14.3. The highest BCUT2D eigenvalue weighted by Gasteiger charge is 2.60. The molecular weight excluding hydrogens is 460 g/mol. The van der Waals surface area contributed by atoms with E-state index in [1.54, 1.807) is 12.1 Å². The van der Waals surface area contributed by atoms with E-state index < -0.39 is 5.41 Å². The fourth-order valence-electron chi connectivity index (χ4n) is 5.85. The van der Waals surface area contributed by atoms with Crippen molar-refractivity contribution in [3.8, 4) is 5.75 Å². The molecule has 3 heterocycles. The molecule has 178 valence electrons. The summed E-state index contributed by atoms with van der Waals surface area (Å²) < 4.78 is 5.35. The molecule has 0 radical (unpaired) electrons. The van der Waals surface area contributed by atoms with Gasteiger partial charge in [0, 0.05) is 36.0 Å². The Labute approximate surface area is 210 Å². The van der Waals surface area contributed by atoms with Gasteiger partial charge in [-0.25, -0.2) is 0 Å². The monoisotopic (exact) mass is 486 g/mol. The van der Waals surface area contributed by atoms with Crippen LogP contribution in [0.1, 0.15) is 12.5 Å². The van der Waals surface area contributed by atoms with Crippen molar-refractivity contribution < 1.29 is 9.53 Å². The van der Waals surface area contributed by atoms with Crippen LogP contribution in [-0.4, -0.2) is 44.4 Å². The molecule has 1 amide bonds. The van der Waals surface area contributed by atoms with Gasteiger partial charge >= 0.3 is 0 Å². The third-order valence-corrected chi connectivity index (χ3v) is 7.92. The van der Waals surface area contributed by atoms with Crippen molar-refractivity contribution in [3.05, 3.63) is 83.4 Å². The second-order valence-corrected chi connectivity index (χ2v) is 9.85. The largest absolute Gasteiger partial charge is 0.497 e. The first-order valence-electron chi connectivity index (χ1n) is 11.9. The van der Waals surface area contributed by atoms with E-state index >= 15 is 0 Å². The molecule has 1 spiro atoms. The number of carbonyl (C=O) groups is 1. The van der Waals surface area contributed by atoms with Crippen molar-refractivity contribution in [2.75, 3.05) is 41.6 Å². The topological polar surface area (TPSA) is 48.4 Å². The molecule has 3 aliphatic heterocycles. The molecule has 7 heteroatoms. The molecule has 3 aromatic rings. The van der Waals surface area contributed by atoms with E-state index in [9.17, 15) is 4.79 Å². The number of piperazine rings is 1. The highest BCUT2D eigenvalue weighted by molar-refractivity contribution is 6.31. The molecule has 3 aliphatic rings. The molecule has 0 aromatic heterocycles. The molecule has 0 aliphatic carbocycles. The van der Waals surface area contributed by atoms with Gasteiger partial charge in [0.15, 0.2) is 0 Å². The number of rotatable bonds is 3. The van der Waals surface area contributed by atoms with E-state index in [1.807, 2.05) is 61.5 Å². The lowest BCUT2D eigenvalue weighted by Gasteiger charge is -2.53. The average molecular weight is 487 g/mol. The number of halogens is 1. The van der Waals surface area contributed by atoms with Gasteiger partial charge in [-0.05, 0) is 67.4 Å². The number of hydrogen-bond acceptors (Lipinski definition) is 5. The van der Waals surface area contributed by atoms with Gasteiger partial charge in [-0.2, -0.15) is 10.1 Å². The maximum Gasteiger partial charge on any atom is 0.261 e. The first-order chi connectivity index (χ1) is 17.0. The summed E-state index contributed by atoms with van der Waals surface area (Å²) in [7, 11) is 1.68. The number of hydrogen-bond donors (Lipinski definition) is 0. The summed E-state index contributed by atoms with van der Waals surface area (Å²) in [6.07, 6.45) is 0.606. The molecule has 1 saturated heterocycles. The Morgan fingerprint density at radius 2 is 1.77 bits per heavy atom. The van der Waals surface area contributed by atoms with E-state index in [0.29, 0.717) is 18.0 Å². The third kappa shape index (κ3) is 3.39. The van der Waals surface area contributed by atoms with Crippen molar-refractivity contribution in [2.45, 2.75) is 19.4 Å². The van der Waals surface area contributed by atoms with Crippen LogP contribution in [0.5, 0.6) is 5.75 Å². The summed E-state index contributed by atoms with van der Waals surface area (Å²) in [4.78, 5) is 19.0. The van der Waals surface area contributed by atoms with Gasteiger partial charge in [0.05, 0.1) is 24.6 Å². The molecule has 2 atom stereocenters. The highest BCUT2D eigenvalue weighted by atomic mass is 35.5. The quantitative estimate of drug-likeness (QED) is 0.522. The molecule has 0 saturated carbocycles. The van der Waals surface area contributed by atoms with Crippen molar-refractivity contribution in [1.29, 1.82) is 0 Å². The SMILES string of the molecule is COc1ccc(N2CCN3c4cc(Cl)ccc4C[C@@]4(C(=O)N(c5ccccc5)N=C4C)[C@H]3C2)cc1. The zero-order chi connectivity index (χ0) is 24.2. The van der Waals surface area contributed by atoms with E-state index in [0.717, 1.165) is 47.2 Å². The van der Waals surface area contributed by atoms with E-state index in [4.69, 9.17) is 21.4 Å². The standard InChI is InChI=1S/C28H27ClN4O2/c1-19-28(27(34)33(30-19)23-6-4-3-5-7-23)17-20-8-9-21(29)16-25(20)32-15-14-31(18-26(28)32)22-10-12-24(35-2)13-11-22/h3-13,16,26H,14-15,17-18H2,1-2H3/t26-,28+/m1/s1. The van der Waals surface area contributed by atoms with E-state index in [-0.39, 0.29) is 11.9 Å². The Bertz CT molecular complexity index is 1310. The van der Waals surface area contributed by atoms with Crippen LogP contribution < -0.4 is 19.5 Å². The van der Waals surface area contributed by atoms with Crippen molar-refractivity contribution >= 4 is 40.3 Å². The van der Waals surface area contributed by atoms with Crippen LogP contribution in [0.4, 0.5) is 17.1 Å². The Balaban J connectivity index is 1.44. The predicted octanol–water partition coefficient (Wildman–Crippen LogP) is 5.01. The van der Waals surface area contributed by atoms with Crippen molar-refractivity contribution in [2.24, 2.45) is 10.5 Å². The number of amides is 1. The number of benzene rings is 3. The zero-order valence-electron chi connectivity index (χ0n) is 19.8. The van der Waals surface area contributed by atoms with E-state index in [1.165, 1.54) is 0 Å². The number of carbonyl (C=O) groups excluding carboxylic acids is 1. The second-order valence-electron chi connectivity index (χ2n) is 9.41. The maximum absolute atomic E-state index is 14.3. The fourth-order valence-corrected chi connectivity index (χ4v) is 6.02. The summed E-state index contributed by atoms with van der Waals surface area (Å²) in [6, 6.07) is 23.8. The van der Waals surface area contributed by atoms with Crippen LogP contribution in [-0.2, 0) is 11.2 Å². The van der Waals surface area contributed by atoms with Gasteiger partial charge in [0.25, 0.3) is 5.91 Å². The first kappa shape index (κ1) is 22.0. The molecule has 6 nitrogen and oxygen atoms in total. The Kier molecular flexibility index (Phi) is 5.22. The van der Waals surface area contributed by atoms with Crippen LogP contribution >= 0.6 is 11.6 Å². The minimum absolute atomic E-state index is 0.0355. The van der Waals surface area contributed by atoms with Gasteiger partial charge in [-0.1, -0.05) is 35.9 Å². The summed E-state index contributed by atoms with van der Waals surface area (Å²) in [5.74, 6) is 0.867. The number of para-hydroxylation sites is 1. The van der Waals surface area contributed by atoms with E-state index in [2.05, 4.69) is 28.0 Å². The lowest BCUT2D eigenvalue weighted by atomic mass is 9.67. The molecule has 35 heavy (non-hydrogen) atoms. The Hall–Kier alpha value is -3.51. The normalized spacial score (nSPS) is 23.3. The molecule has 0 bridgehead atoms. The molecule has 0 unspecified atom stereocenters. The Morgan fingerprint density at radius 3 is 2.51 bits per heavy atom. The lowest BCUT2D eigenvalue weighted by molar-refractivity contribution is -0.125. The predicted molar refractivity (Wildman–Crippen MR) is 141 cm³/mol. The fraction of sp³-hybridized carbons (Fsp3) is 0.286. The van der Waals surface area contributed by atoms with Crippen LogP contribution in [0.15, 0.2) is 77.9 Å². The van der Waals surface area contributed by atoms with Crippen molar-refractivity contribution in [3.63, 3.8) is 0 Å². The number of methoxy groups -OCH3 is 1. The van der Waals surface area contributed by atoms with Gasteiger partial charge in [-0.15, -0.1) is 0 Å². The molecule has 1 fully saturated rings. The van der Waals surface area contributed by atoms with Crippen LogP contribution in [0, 0.1) is 5.41 Å². The third-order valence-electron chi connectivity index (χ3n) is 7.68. The number of fused-ring (bicyclic) bond motifs is 4. The summed E-state index contributed by atoms with van der Waals surface area (Å²) in [6.45, 7) is 4.35. The summed E-state index contributed by atoms with van der Waals surface area (Å²) in [5, 5.41) is 7.14.